The van der Waals surface area contributed by atoms with Gasteiger partial charge in [0.1, 0.15) is 17.0 Å². The molecular weight excluding hydrogens is 242 g/mol. The first-order valence-corrected chi connectivity index (χ1v) is 7.36. The third kappa shape index (κ3) is 2.56. The van der Waals surface area contributed by atoms with Crippen LogP contribution in [0.2, 0.25) is 0 Å². The maximum absolute atomic E-state index is 5.65. The first-order valence-electron chi connectivity index (χ1n) is 6.54. The van der Waals surface area contributed by atoms with E-state index in [0.29, 0.717) is 0 Å². The summed E-state index contributed by atoms with van der Waals surface area (Å²) >= 11 is 1.82. The zero-order valence-corrected chi connectivity index (χ0v) is 12.1. The largest absolute Gasteiger partial charge is 0.498 e. The van der Waals surface area contributed by atoms with Gasteiger partial charge >= 0.3 is 0 Å². The summed E-state index contributed by atoms with van der Waals surface area (Å²) in [4.78, 5) is 0. The van der Waals surface area contributed by atoms with Gasteiger partial charge in [-0.2, -0.15) is 4.57 Å². The van der Waals surface area contributed by atoms with Crippen LogP contribution in [0.5, 0.6) is 0 Å². The van der Waals surface area contributed by atoms with Gasteiger partial charge in [0, 0.05) is 12.5 Å². The van der Waals surface area contributed by atoms with Gasteiger partial charge in [-0.25, -0.2) is 0 Å². The topological polar surface area (TPSA) is 13.1 Å². The molecule has 0 saturated carbocycles. The highest BCUT2D eigenvalue weighted by Gasteiger charge is 2.17. The predicted octanol–water partition coefficient (Wildman–Crippen LogP) is 4.00. The third-order valence-electron chi connectivity index (χ3n) is 2.92. The lowest BCUT2D eigenvalue weighted by Crippen LogP contribution is -2.33. The van der Waals surface area contributed by atoms with Crippen LogP contribution in [-0.2, 0) is 11.3 Å². The quantitative estimate of drug-likeness (QED) is 0.586. The maximum atomic E-state index is 5.65. The SMILES string of the molecule is CCOC(=Cc1sc2ccccc2[n+]1CC)CC. The number of thiazole rings is 1. The molecule has 0 unspecified atom stereocenters. The van der Waals surface area contributed by atoms with E-state index < -0.39 is 0 Å². The van der Waals surface area contributed by atoms with Crippen LogP contribution in [0.1, 0.15) is 32.2 Å². The summed E-state index contributed by atoms with van der Waals surface area (Å²) < 4.78 is 9.32. The Hall–Kier alpha value is -1.35. The van der Waals surface area contributed by atoms with Crippen LogP contribution in [0.25, 0.3) is 16.3 Å². The lowest BCUT2D eigenvalue weighted by molar-refractivity contribution is -0.665. The number of benzene rings is 1. The van der Waals surface area contributed by atoms with Crippen LogP contribution in [0, 0.1) is 0 Å². The first-order chi connectivity index (χ1) is 8.80. The second-order valence-corrected chi connectivity index (χ2v) is 5.11. The molecule has 96 valence electrons. The van der Waals surface area contributed by atoms with Crippen molar-refractivity contribution in [2.75, 3.05) is 6.61 Å². The summed E-state index contributed by atoms with van der Waals surface area (Å²) in [6.07, 6.45) is 3.11. The number of allylic oxidation sites excluding steroid dienone is 1. The van der Waals surface area contributed by atoms with E-state index in [2.05, 4.69) is 48.8 Å². The van der Waals surface area contributed by atoms with Gasteiger partial charge in [-0.3, -0.25) is 0 Å². The number of hydrogen-bond donors (Lipinski definition) is 0. The highest BCUT2D eigenvalue weighted by molar-refractivity contribution is 7.18. The summed E-state index contributed by atoms with van der Waals surface area (Å²) in [6, 6.07) is 8.54. The van der Waals surface area contributed by atoms with Crippen molar-refractivity contribution in [2.24, 2.45) is 0 Å². The van der Waals surface area contributed by atoms with Gasteiger partial charge in [0.05, 0.1) is 12.7 Å². The van der Waals surface area contributed by atoms with Crippen molar-refractivity contribution in [3.63, 3.8) is 0 Å². The summed E-state index contributed by atoms with van der Waals surface area (Å²) in [5, 5.41) is 1.27. The first kappa shape index (κ1) is 13.1. The normalized spacial score (nSPS) is 12.1. The highest BCUT2D eigenvalue weighted by Crippen LogP contribution is 2.22. The molecule has 0 atom stereocenters. The molecule has 0 aliphatic rings. The Morgan fingerprint density at radius 2 is 2.06 bits per heavy atom. The molecule has 0 radical (unpaired) electrons. The minimum absolute atomic E-state index is 0.733. The van der Waals surface area contributed by atoms with Crippen LogP contribution >= 0.6 is 11.3 Å². The molecule has 0 bridgehead atoms. The lowest BCUT2D eigenvalue weighted by atomic mass is 10.3. The average molecular weight is 262 g/mol. The second-order valence-electron chi connectivity index (χ2n) is 4.05. The Balaban J connectivity index is 2.49. The van der Waals surface area contributed by atoms with Gasteiger partial charge in [-0.05, 0) is 19.9 Å². The van der Waals surface area contributed by atoms with E-state index in [4.69, 9.17) is 4.74 Å². The molecule has 1 aromatic heterocycles. The smallest absolute Gasteiger partial charge is 0.266 e. The zero-order valence-electron chi connectivity index (χ0n) is 11.3. The van der Waals surface area contributed by atoms with E-state index in [1.165, 1.54) is 15.2 Å². The second kappa shape index (κ2) is 6.01. The number of hydrogen-bond acceptors (Lipinski definition) is 2. The van der Waals surface area contributed by atoms with E-state index in [9.17, 15) is 0 Å². The van der Waals surface area contributed by atoms with Crippen molar-refractivity contribution in [2.45, 2.75) is 33.7 Å². The Bertz CT molecular complexity index is 557. The number of fused-ring (bicyclic) bond motifs is 1. The van der Waals surface area contributed by atoms with Crippen LogP contribution < -0.4 is 4.57 Å². The minimum Gasteiger partial charge on any atom is -0.498 e. The van der Waals surface area contributed by atoms with Crippen molar-refractivity contribution in [3.05, 3.63) is 35.0 Å². The number of nitrogens with zero attached hydrogens (tertiary/aromatic N) is 1. The molecule has 0 N–H and O–H groups in total. The molecule has 1 aromatic carbocycles. The van der Waals surface area contributed by atoms with Crippen molar-refractivity contribution in [1.82, 2.24) is 0 Å². The molecule has 2 nitrogen and oxygen atoms in total. The van der Waals surface area contributed by atoms with Gasteiger partial charge in [-0.1, -0.05) is 30.4 Å². The Kier molecular flexibility index (Phi) is 4.37. The van der Waals surface area contributed by atoms with Crippen molar-refractivity contribution in [3.8, 4) is 0 Å². The van der Waals surface area contributed by atoms with E-state index in [0.717, 1.165) is 25.3 Å². The molecule has 0 fully saturated rings. The van der Waals surface area contributed by atoms with Gasteiger partial charge in [0.2, 0.25) is 5.52 Å². The van der Waals surface area contributed by atoms with E-state index in [1.807, 2.05) is 18.3 Å². The highest BCUT2D eigenvalue weighted by atomic mass is 32.1. The van der Waals surface area contributed by atoms with Crippen molar-refractivity contribution in [1.29, 1.82) is 0 Å². The number of rotatable bonds is 5. The molecule has 0 spiro atoms. The fourth-order valence-corrected chi connectivity index (χ4v) is 3.24. The fourth-order valence-electron chi connectivity index (χ4n) is 2.06. The Labute approximate surface area is 113 Å². The van der Waals surface area contributed by atoms with Crippen LogP contribution in [0.15, 0.2) is 30.0 Å². The minimum atomic E-state index is 0.733. The van der Waals surface area contributed by atoms with Gasteiger partial charge < -0.3 is 4.74 Å². The van der Waals surface area contributed by atoms with Crippen molar-refractivity contribution < 1.29 is 9.30 Å². The van der Waals surface area contributed by atoms with Gasteiger partial charge in [0.25, 0.3) is 5.01 Å². The summed E-state index contributed by atoms with van der Waals surface area (Å²) in [6.45, 7) is 8.06. The molecule has 0 amide bonds. The molecular formula is C15H20NOS+. The van der Waals surface area contributed by atoms with Crippen LogP contribution in [-0.4, -0.2) is 6.61 Å². The third-order valence-corrected chi connectivity index (χ3v) is 4.03. The summed E-state index contributed by atoms with van der Waals surface area (Å²) in [5.41, 5.74) is 1.31. The number of para-hydroxylation sites is 1. The van der Waals surface area contributed by atoms with Gasteiger partial charge in [-0.15, -0.1) is 0 Å². The lowest BCUT2D eigenvalue weighted by Gasteiger charge is -2.03. The Morgan fingerprint density at radius 1 is 1.28 bits per heavy atom. The molecule has 0 aliphatic carbocycles. The molecule has 2 aromatic rings. The average Bonchev–Trinajstić information content (AvgIpc) is 2.75. The van der Waals surface area contributed by atoms with Crippen LogP contribution in [0.4, 0.5) is 0 Å². The Morgan fingerprint density at radius 3 is 2.72 bits per heavy atom. The molecule has 3 heteroatoms. The molecule has 18 heavy (non-hydrogen) atoms. The molecule has 0 aliphatic heterocycles. The number of aromatic nitrogens is 1. The fraction of sp³-hybridized carbons (Fsp3) is 0.400. The van der Waals surface area contributed by atoms with Crippen LogP contribution in [0.3, 0.4) is 0 Å². The van der Waals surface area contributed by atoms with E-state index >= 15 is 0 Å². The van der Waals surface area contributed by atoms with Gasteiger partial charge in [0.15, 0.2) is 0 Å². The number of ether oxygens (including phenoxy) is 1. The van der Waals surface area contributed by atoms with E-state index in [-0.39, 0.29) is 0 Å². The standard InChI is InChI=1S/C15H20NOS/c1-4-12(17-6-3)11-15-16(5-2)13-9-7-8-10-14(13)18-15/h7-11H,4-6H2,1-3H3/q+1. The predicted molar refractivity (Wildman–Crippen MR) is 77.6 cm³/mol. The monoisotopic (exact) mass is 262 g/mol. The summed E-state index contributed by atoms with van der Waals surface area (Å²) in [7, 11) is 0. The molecule has 1 heterocycles. The zero-order chi connectivity index (χ0) is 13.0. The maximum Gasteiger partial charge on any atom is 0.266 e. The summed E-state index contributed by atoms with van der Waals surface area (Å²) in [5.74, 6) is 1.06. The molecule has 2 rings (SSSR count). The van der Waals surface area contributed by atoms with E-state index in [1.54, 1.807) is 0 Å². The van der Waals surface area contributed by atoms with Crippen molar-refractivity contribution >= 4 is 27.6 Å². The molecule has 0 saturated heterocycles. The number of aryl methyl sites for hydroxylation is 1.